The summed E-state index contributed by atoms with van der Waals surface area (Å²) in [4.78, 5) is 4.18. The monoisotopic (exact) mass is 212 g/mol. The average molecular weight is 212 g/mol. The van der Waals surface area contributed by atoms with E-state index in [1.165, 1.54) is 12.2 Å². The Morgan fingerprint density at radius 2 is 2.57 bits per heavy atom. The van der Waals surface area contributed by atoms with Gasteiger partial charge in [-0.1, -0.05) is 6.92 Å². The minimum atomic E-state index is 0.629. The first kappa shape index (κ1) is 9.98. The van der Waals surface area contributed by atoms with Crippen LogP contribution in [0.5, 0.6) is 0 Å². The van der Waals surface area contributed by atoms with Gasteiger partial charge in [0, 0.05) is 18.3 Å². The molecule has 5 heteroatoms. The van der Waals surface area contributed by atoms with Crippen molar-refractivity contribution in [1.29, 1.82) is 0 Å². The van der Waals surface area contributed by atoms with Gasteiger partial charge in [-0.3, -0.25) is 4.68 Å². The smallest absolute Gasteiger partial charge is 0.164 e. The molecule has 4 nitrogen and oxygen atoms in total. The molecule has 14 heavy (non-hydrogen) atoms. The topological polar surface area (TPSA) is 42.7 Å². The van der Waals surface area contributed by atoms with E-state index in [-0.39, 0.29) is 0 Å². The lowest BCUT2D eigenvalue weighted by molar-refractivity contribution is 0.502. The summed E-state index contributed by atoms with van der Waals surface area (Å²) < 4.78 is 1.74. The van der Waals surface area contributed by atoms with Gasteiger partial charge < -0.3 is 5.32 Å². The van der Waals surface area contributed by atoms with Crippen LogP contribution >= 0.6 is 11.8 Å². The second-order valence-corrected chi connectivity index (χ2v) is 5.17. The summed E-state index contributed by atoms with van der Waals surface area (Å²) in [5, 5.41) is 8.46. The van der Waals surface area contributed by atoms with Crippen LogP contribution in [0.3, 0.4) is 0 Å². The van der Waals surface area contributed by atoms with Crippen molar-refractivity contribution in [2.75, 3.05) is 5.75 Å². The van der Waals surface area contributed by atoms with Gasteiger partial charge in [-0.25, -0.2) is 4.98 Å². The predicted molar refractivity (Wildman–Crippen MR) is 58.2 cm³/mol. The normalized spacial score (nSPS) is 27.0. The number of aromatic nitrogens is 3. The zero-order chi connectivity index (χ0) is 9.97. The third-order valence-electron chi connectivity index (χ3n) is 2.55. The van der Waals surface area contributed by atoms with E-state index in [9.17, 15) is 0 Å². The number of nitrogens with one attached hydrogen (secondary N) is 1. The Morgan fingerprint density at radius 3 is 3.14 bits per heavy atom. The Hall–Kier alpha value is -0.550. The molecule has 78 valence electrons. The van der Waals surface area contributed by atoms with Gasteiger partial charge in [-0.05, 0) is 12.2 Å². The summed E-state index contributed by atoms with van der Waals surface area (Å²) in [6, 6.07) is 0.629. The summed E-state index contributed by atoms with van der Waals surface area (Å²) in [5.74, 6) is 2.16. The lowest BCUT2D eigenvalue weighted by atomic mass is 10.2. The predicted octanol–water partition coefficient (Wildman–Crippen LogP) is 0.799. The van der Waals surface area contributed by atoms with Crippen LogP contribution in [0, 0.1) is 0 Å². The van der Waals surface area contributed by atoms with E-state index < -0.39 is 0 Å². The highest BCUT2D eigenvalue weighted by Gasteiger charge is 2.23. The summed E-state index contributed by atoms with van der Waals surface area (Å²) >= 11 is 2.04. The van der Waals surface area contributed by atoms with Gasteiger partial charge in [0.05, 0.1) is 6.54 Å². The van der Waals surface area contributed by atoms with Gasteiger partial charge in [-0.15, -0.1) is 0 Å². The molecule has 1 aliphatic rings. The molecule has 0 aromatic carbocycles. The maximum atomic E-state index is 4.23. The molecule has 1 aromatic heterocycles. The molecule has 0 amide bonds. The van der Waals surface area contributed by atoms with Crippen molar-refractivity contribution in [3.8, 4) is 0 Å². The molecule has 2 unspecified atom stereocenters. The van der Waals surface area contributed by atoms with Crippen molar-refractivity contribution in [2.45, 2.75) is 31.2 Å². The summed E-state index contributed by atoms with van der Waals surface area (Å²) in [6.07, 6.45) is 3.00. The largest absolute Gasteiger partial charge is 0.306 e. The van der Waals surface area contributed by atoms with E-state index in [0.29, 0.717) is 6.04 Å². The molecular weight excluding hydrogens is 196 g/mol. The Labute approximate surface area is 88.5 Å². The zero-order valence-electron chi connectivity index (χ0n) is 8.60. The SMILES string of the molecule is CC1SCCC1NCc1ncn(C)n1. The van der Waals surface area contributed by atoms with Crippen LogP contribution < -0.4 is 5.32 Å². The molecule has 1 fully saturated rings. The number of thioether (sulfide) groups is 1. The molecule has 1 saturated heterocycles. The van der Waals surface area contributed by atoms with Crippen molar-refractivity contribution in [1.82, 2.24) is 20.1 Å². The van der Waals surface area contributed by atoms with E-state index in [0.717, 1.165) is 17.6 Å². The summed E-state index contributed by atoms with van der Waals surface area (Å²) in [6.45, 7) is 3.07. The van der Waals surface area contributed by atoms with Crippen molar-refractivity contribution in [2.24, 2.45) is 7.05 Å². The molecule has 2 atom stereocenters. The quantitative estimate of drug-likeness (QED) is 0.805. The Morgan fingerprint density at radius 1 is 1.71 bits per heavy atom. The maximum Gasteiger partial charge on any atom is 0.164 e. The molecule has 0 spiro atoms. The van der Waals surface area contributed by atoms with Crippen molar-refractivity contribution >= 4 is 11.8 Å². The van der Waals surface area contributed by atoms with E-state index in [1.54, 1.807) is 11.0 Å². The highest BCUT2D eigenvalue weighted by Crippen LogP contribution is 2.26. The van der Waals surface area contributed by atoms with Crippen LogP contribution in [0.25, 0.3) is 0 Å². The van der Waals surface area contributed by atoms with Gasteiger partial charge in [0.25, 0.3) is 0 Å². The molecular formula is C9H16N4S. The molecule has 0 radical (unpaired) electrons. The molecule has 1 aromatic rings. The van der Waals surface area contributed by atoms with Gasteiger partial charge in [0.1, 0.15) is 6.33 Å². The molecule has 1 aliphatic heterocycles. The molecule has 1 N–H and O–H groups in total. The minimum Gasteiger partial charge on any atom is -0.306 e. The third-order valence-corrected chi connectivity index (χ3v) is 3.87. The van der Waals surface area contributed by atoms with Crippen LogP contribution in [0.2, 0.25) is 0 Å². The molecule has 0 aliphatic carbocycles. The first-order chi connectivity index (χ1) is 6.75. The first-order valence-electron chi connectivity index (χ1n) is 4.95. The van der Waals surface area contributed by atoms with Gasteiger partial charge in [0.15, 0.2) is 5.82 Å². The van der Waals surface area contributed by atoms with Crippen LogP contribution in [0.15, 0.2) is 6.33 Å². The lowest BCUT2D eigenvalue weighted by Crippen LogP contribution is -2.33. The zero-order valence-corrected chi connectivity index (χ0v) is 9.42. The fourth-order valence-corrected chi connectivity index (χ4v) is 2.91. The standard InChI is InChI=1S/C9H16N4S/c1-7-8(3-4-14-7)10-5-9-11-6-13(2)12-9/h6-8,10H,3-5H2,1-2H3. The van der Waals surface area contributed by atoms with Crippen molar-refractivity contribution in [3.63, 3.8) is 0 Å². The minimum absolute atomic E-state index is 0.629. The van der Waals surface area contributed by atoms with E-state index in [1.807, 2.05) is 18.8 Å². The summed E-state index contributed by atoms with van der Waals surface area (Å²) in [7, 11) is 1.89. The fraction of sp³-hybridized carbons (Fsp3) is 0.778. The van der Waals surface area contributed by atoms with Gasteiger partial charge >= 0.3 is 0 Å². The Kier molecular flexibility index (Phi) is 3.08. The number of nitrogens with zero attached hydrogens (tertiary/aromatic N) is 3. The second kappa shape index (κ2) is 4.31. The van der Waals surface area contributed by atoms with E-state index in [4.69, 9.17) is 0 Å². The lowest BCUT2D eigenvalue weighted by Gasteiger charge is -2.14. The second-order valence-electron chi connectivity index (χ2n) is 3.69. The molecule has 0 saturated carbocycles. The van der Waals surface area contributed by atoms with Crippen LogP contribution in [-0.4, -0.2) is 31.8 Å². The van der Waals surface area contributed by atoms with Gasteiger partial charge in [-0.2, -0.15) is 16.9 Å². The van der Waals surface area contributed by atoms with E-state index >= 15 is 0 Å². The highest BCUT2D eigenvalue weighted by molar-refractivity contribution is 8.00. The molecule has 2 heterocycles. The van der Waals surface area contributed by atoms with Gasteiger partial charge in [0.2, 0.25) is 0 Å². The van der Waals surface area contributed by atoms with Crippen molar-refractivity contribution in [3.05, 3.63) is 12.2 Å². The Balaban J connectivity index is 1.82. The number of hydrogen-bond acceptors (Lipinski definition) is 4. The fourth-order valence-electron chi connectivity index (χ4n) is 1.69. The molecule has 0 bridgehead atoms. The number of hydrogen-bond donors (Lipinski definition) is 1. The summed E-state index contributed by atoms with van der Waals surface area (Å²) in [5.41, 5.74) is 0. The maximum absolute atomic E-state index is 4.23. The molecule has 2 rings (SSSR count). The van der Waals surface area contributed by atoms with Crippen molar-refractivity contribution < 1.29 is 0 Å². The average Bonchev–Trinajstić information content (AvgIpc) is 2.72. The highest BCUT2D eigenvalue weighted by atomic mass is 32.2. The third kappa shape index (κ3) is 2.27. The number of rotatable bonds is 3. The van der Waals surface area contributed by atoms with Crippen LogP contribution in [0.4, 0.5) is 0 Å². The van der Waals surface area contributed by atoms with E-state index in [2.05, 4.69) is 22.3 Å². The number of aryl methyl sites for hydroxylation is 1. The van der Waals surface area contributed by atoms with Crippen LogP contribution in [0.1, 0.15) is 19.2 Å². The van der Waals surface area contributed by atoms with Crippen LogP contribution in [-0.2, 0) is 13.6 Å². The first-order valence-corrected chi connectivity index (χ1v) is 6.00. The Bertz CT molecular complexity index is 299.